The van der Waals surface area contributed by atoms with Gasteiger partial charge in [-0.25, -0.2) is 14.2 Å². The normalized spacial score (nSPS) is 12.4. The fourth-order valence-electron chi connectivity index (χ4n) is 1.80. The Morgan fingerprint density at radius 2 is 1.83 bits per heavy atom. The van der Waals surface area contributed by atoms with Crippen LogP contribution in [0, 0.1) is 11.6 Å². The Kier molecular flexibility index (Phi) is 3.91. The predicted octanol–water partition coefficient (Wildman–Crippen LogP) is 3.17. The lowest BCUT2D eigenvalue weighted by Crippen LogP contribution is -2.29. The molecular formula is C13H11ClF2N2. The molecule has 3 N–H and O–H groups in total. The first kappa shape index (κ1) is 13.0. The lowest BCUT2D eigenvalue weighted by atomic mass is 9.99. The van der Waals surface area contributed by atoms with E-state index < -0.39 is 11.9 Å². The molecule has 5 heteroatoms. The van der Waals surface area contributed by atoms with Crippen molar-refractivity contribution >= 4 is 11.6 Å². The number of halogens is 3. The van der Waals surface area contributed by atoms with Crippen LogP contribution < -0.4 is 11.3 Å². The minimum Gasteiger partial charge on any atom is -0.271 e. The molecular weight excluding hydrogens is 258 g/mol. The third-order valence-corrected chi connectivity index (χ3v) is 3.04. The van der Waals surface area contributed by atoms with Crippen LogP contribution in [0.3, 0.4) is 0 Å². The van der Waals surface area contributed by atoms with Gasteiger partial charge in [0.25, 0.3) is 0 Å². The maximum atomic E-state index is 13.4. The van der Waals surface area contributed by atoms with Crippen LogP contribution in [0.2, 0.25) is 5.02 Å². The van der Waals surface area contributed by atoms with E-state index in [1.807, 2.05) is 0 Å². The highest BCUT2D eigenvalue weighted by Gasteiger charge is 2.17. The summed E-state index contributed by atoms with van der Waals surface area (Å²) < 4.78 is 26.6. The fraction of sp³-hybridized carbons (Fsp3) is 0.0769. The summed E-state index contributed by atoms with van der Waals surface area (Å²) in [4.78, 5) is 0. The number of nitrogens with two attached hydrogens (primary N) is 1. The molecule has 94 valence electrons. The molecule has 0 aliphatic heterocycles. The standard InChI is InChI=1S/C13H11ClF2N2/c14-12-10(5-2-6-11(12)16)13(18-17)8-3-1-4-9(15)7-8/h1-7,13,18H,17H2. The summed E-state index contributed by atoms with van der Waals surface area (Å²) in [5.74, 6) is 4.53. The van der Waals surface area contributed by atoms with Crippen molar-refractivity contribution in [2.45, 2.75) is 6.04 Å². The molecule has 0 saturated carbocycles. The van der Waals surface area contributed by atoms with E-state index in [1.54, 1.807) is 18.2 Å². The molecule has 2 nitrogen and oxygen atoms in total. The van der Waals surface area contributed by atoms with Gasteiger partial charge in [-0.05, 0) is 29.3 Å². The van der Waals surface area contributed by atoms with E-state index in [2.05, 4.69) is 5.43 Å². The number of hydrazine groups is 1. The van der Waals surface area contributed by atoms with Crippen LogP contribution in [0.1, 0.15) is 17.2 Å². The van der Waals surface area contributed by atoms with Gasteiger partial charge in [0.2, 0.25) is 0 Å². The lowest BCUT2D eigenvalue weighted by molar-refractivity contribution is 0.595. The largest absolute Gasteiger partial charge is 0.271 e. The molecule has 0 radical (unpaired) electrons. The van der Waals surface area contributed by atoms with Gasteiger partial charge in [0.05, 0.1) is 11.1 Å². The van der Waals surface area contributed by atoms with E-state index in [-0.39, 0.29) is 10.8 Å². The second-order valence-corrected chi connectivity index (χ2v) is 4.18. The van der Waals surface area contributed by atoms with E-state index in [1.165, 1.54) is 24.3 Å². The Labute approximate surface area is 108 Å². The van der Waals surface area contributed by atoms with Crippen LogP contribution in [0.5, 0.6) is 0 Å². The van der Waals surface area contributed by atoms with Gasteiger partial charge in [-0.1, -0.05) is 35.9 Å². The van der Waals surface area contributed by atoms with Gasteiger partial charge < -0.3 is 0 Å². The molecule has 18 heavy (non-hydrogen) atoms. The Bertz CT molecular complexity index is 560. The average Bonchev–Trinajstić information content (AvgIpc) is 2.35. The Hall–Kier alpha value is -1.49. The molecule has 2 aromatic rings. The van der Waals surface area contributed by atoms with Crippen molar-refractivity contribution in [2.24, 2.45) is 5.84 Å². The first-order valence-electron chi connectivity index (χ1n) is 5.29. The fourth-order valence-corrected chi connectivity index (χ4v) is 2.03. The summed E-state index contributed by atoms with van der Waals surface area (Å²) in [7, 11) is 0. The van der Waals surface area contributed by atoms with Crippen LogP contribution >= 0.6 is 11.6 Å². The van der Waals surface area contributed by atoms with Crippen LogP contribution in [0.4, 0.5) is 8.78 Å². The maximum absolute atomic E-state index is 13.4. The van der Waals surface area contributed by atoms with Crippen LogP contribution in [-0.4, -0.2) is 0 Å². The summed E-state index contributed by atoms with van der Waals surface area (Å²) in [6, 6.07) is 9.75. The summed E-state index contributed by atoms with van der Waals surface area (Å²) >= 11 is 5.89. The van der Waals surface area contributed by atoms with Crippen LogP contribution in [0.15, 0.2) is 42.5 Å². The molecule has 0 aliphatic carbocycles. The van der Waals surface area contributed by atoms with Gasteiger partial charge in [0.15, 0.2) is 0 Å². The Morgan fingerprint density at radius 3 is 2.50 bits per heavy atom. The molecule has 0 saturated heterocycles. The molecule has 1 atom stereocenters. The third-order valence-electron chi connectivity index (χ3n) is 2.64. The molecule has 0 amide bonds. The summed E-state index contributed by atoms with van der Waals surface area (Å²) in [5.41, 5.74) is 3.55. The van der Waals surface area contributed by atoms with Gasteiger partial charge >= 0.3 is 0 Å². The monoisotopic (exact) mass is 268 g/mol. The first-order chi connectivity index (χ1) is 8.63. The van der Waals surface area contributed by atoms with Crippen molar-refractivity contribution in [3.05, 3.63) is 70.2 Å². The molecule has 2 aromatic carbocycles. The number of nitrogens with one attached hydrogen (secondary N) is 1. The minimum absolute atomic E-state index is 0.0234. The summed E-state index contributed by atoms with van der Waals surface area (Å²) in [5, 5.41) is -0.0234. The van der Waals surface area contributed by atoms with Crippen LogP contribution in [-0.2, 0) is 0 Å². The van der Waals surface area contributed by atoms with Gasteiger partial charge in [-0.15, -0.1) is 0 Å². The van der Waals surface area contributed by atoms with Gasteiger partial charge in [0.1, 0.15) is 11.6 Å². The topological polar surface area (TPSA) is 38.0 Å². The molecule has 2 rings (SSSR count). The molecule has 0 bridgehead atoms. The third kappa shape index (κ3) is 2.51. The Balaban J connectivity index is 2.49. The molecule has 0 fully saturated rings. The highest BCUT2D eigenvalue weighted by Crippen LogP contribution is 2.29. The van der Waals surface area contributed by atoms with E-state index in [0.717, 1.165) is 0 Å². The zero-order valence-corrected chi connectivity index (χ0v) is 10.1. The highest BCUT2D eigenvalue weighted by molar-refractivity contribution is 6.31. The lowest BCUT2D eigenvalue weighted by Gasteiger charge is -2.18. The van der Waals surface area contributed by atoms with Gasteiger partial charge in [0, 0.05) is 0 Å². The Morgan fingerprint density at radius 1 is 1.11 bits per heavy atom. The smallest absolute Gasteiger partial charge is 0.142 e. The number of benzene rings is 2. The highest BCUT2D eigenvalue weighted by atomic mass is 35.5. The summed E-state index contributed by atoms with van der Waals surface area (Å²) in [6.45, 7) is 0. The van der Waals surface area contributed by atoms with E-state index in [0.29, 0.717) is 11.1 Å². The SMILES string of the molecule is NNC(c1cccc(F)c1)c1cccc(F)c1Cl. The van der Waals surface area contributed by atoms with E-state index in [4.69, 9.17) is 17.4 Å². The molecule has 0 aromatic heterocycles. The second kappa shape index (κ2) is 5.44. The number of rotatable bonds is 3. The van der Waals surface area contributed by atoms with Gasteiger partial charge in [-0.2, -0.15) is 0 Å². The predicted molar refractivity (Wildman–Crippen MR) is 67.0 cm³/mol. The summed E-state index contributed by atoms with van der Waals surface area (Å²) in [6.07, 6.45) is 0. The number of hydrogen-bond acceptors (Lipinski definition) is 2. The maximum Gasteiger partial charge on any atom is 0.142 e. The first-order valence-corrected chi connectivity index (χ1v) is 5.66. The number of hydrogen-bond donors (Lipinski definition) is 2. The second-order valence-electron chi connectivity index (χ2n) is 3.80. The van der Waals surface area contributed by atoms with Crippen molar-refractivity contribution in [1.82, 2.24) is 5.43 Å². The molecule has 0 heterocycles. The minimum atomic E-state index is -0.566. The van der Waals surface area contributed by atoms with E-state index in [9.17, 15) is 8.78 Å². The van der Waals surface area contributed by atoms with Crippen molar-refractivity contribution in [3.8, 4) is 0 Å². The zero-order valence-electron chi connectivity index (χ0n) is 9.33. The van der Waals surface area contributed by atoms with Crippen molar-refractivity contribution in [1.29, 1.82) is 0 Å². The zero-order chi connectivity index (χ0) is 13.1. The molecule has 1 unspecified atom stereocenters. The van der Waals surface area contributed by atoms with Crippen molar-refractivity contribution in [2.75, 3.05) is 0 Å². The molecule has 0 aliphatic rings. The quantitative estimate of drug-likeness (QED) is 0.663. The van der Waals surface area contributed by atoms with E-state index >= 15 is 0 Å². The van der Waals surface area contributed by atoms with Crippen molar-refractivity contribution in [3.63, 3.8) is 0 Å². The molecule has 0 spiro atoms. The van der Waals surface area contributed by atoms with Gasteiger partial charge in [-0.3, -0.25) is 5.84 Å². The average molecular weight is 269 g/mol. The van der Waals surface area contributed by atoms with Crippen molar-refractivity contribution < 1.29 is 8.78 Å². The van der Waals surface area contributed by atoms with Crippen LogP contribution in [0.25, 0.3) is 0 Å².